The molecule has 0 spiro atoms. The van der Waals surface area contributed by atoms with Crippen molar-refractivity contribution in [2.45, 2.75) is 104 Å². The fraction of sp³-hybridized carbons (Fsp3) is 0.298. The van der Waals surface area contributed by atoms with Crippen LogP contribution in [0.5, 0.6) is 0 Å². The predicted octanol–water partition coefficient (Wildman–Crippen LogP) is 13.3. The summed E-state index contributed by atoms with van der Waals surface area (Å²) in [4.78, 5) is 0. The van der Waals surface area contributed by atoms with E-state index in [1.54, 1.807) is 31.9 Å². The molecule has 0 aliphatic heterocycles. The number of rotatable bonds is 12. The molecule has 0 aromatic heterocycles. The molecule has 61 heavy (non-hydrogen) atoms. The van der Waals surface area contributed by atoms with Crippen molar-refractivity contribution in [3.05, 3.63) is 178 Å². The minimum atomic E-state index is -1.56. The van der Waals surface area contributed by atoms with Gasteiger partial charge < -0.3 is 0 Å². The molecule has 0 atom stereocenters. The van der Waals surface area contributed by atoms with Crippen molar-refractivity contribution in [3.8, 4) is 22.3 Å². The lowest BCUT2D eigenvalue weighted by Crippen LogP contribution is -2.45. The van der Waals surface area contributed by atoms with Crippen LogP contribution in [0.25, 0.3) is 34.4 Å². The molecule has 8 rings (SSSR count). The molecule has 0 amide bonds. The highest BCUT2D eigenvalue weighted by Crippen LogP contribution is 2.52. The van der Waals surface area contributed by atoms with Gasteiger partial charge in [-0.05, 0) is 81.3 Å². The summed E-state index contributed by atoms with van der Waals surface area (Å²) in [5.74, 6) is 0. The summed E-state index contributed by atoms with van der Waals surface area (Å²) >= 11 is 0. The van der Waals surface area contributed by atoms with E-state index in [2.05, 4.69) is 224 Å². The van der Waals surface area contributed by atoms with Gasteiger partial charge in [-0.1, -0.05) is 256 Å². The molecule has 2 aliphatic carbocycles. The van der Waals surface area contributed by atoms with E-state index in [0.717, 1.165) is 25.7 Å². The zero-order valence-corrected chi connectivity index (χ0v) is 43.2. The van der Waals surface area contributed by atoms with E-state index >= 15 is 0 Å². The van der Waals surface area contributed by atoms with Crippen LogP contribution in [-0.2, 0) is 25.7 Å². The molecule has 0 heterocycles. The number of allylic oxidation sites excluding steroid dienone is 2. The maximum absolute atomic E-state index is 2.66. The van der Waals surface area contributed by atoms with Crippen LogP contribution in [0.4, 0.5) is 0 Å². The molecule has 0 radical (unpaired) electrons. The minimum Gasteiger partial charge on any atom is -0.0656 e. The maximum atomic E-state index is 2.66. The van der Waals surface area contributed by atoms with E-state index in [-0.39, 0.29) is 5.41 Å². The summed E-state index contributed by atoms with van der Waals surface area (Å²) in [7, 11) is -6.26. The SMILES string of the molecule is C[Si](C)(C)c1cc(-c2cccc3c2C=C(C(Cc2ccccc2)(Cc2ccccc2)C2=Cc4c(cccc4-c4cc([Si](C)(C)C)cc([Si](C)(C)C)c4)C2)C3)cc([Si](C)(C)C)c1. The summed E-state index contributed by atoms with van der Waals surface area (Å²) in [6.45, 7) is 30.0. The first-order chi connectivity index (χ1) is 28.7. The second-order valence-electron chi connectivity index (χ2n) is 22.5. The van der Waals surface area contributed by atoms with Gasteiger partial charge in [-0.25, -0.2) is 0 Å². The fourth-order valence-corrected chi connectivity index (χ4v) is 14.8. The van der Waals surface area contributed by atoms with Gasteiger partial charge in [0, 0.05) is 5.41 Å². The van der Waals surface area contributed by atoms with Crippen LogP contribution in [0, 0.1) is 5.41 Å². The predicted molar refractivity (Wildman–Crippen MR) is 282 cm³/mol. The van der Waals surface area contributed by atoms with Crippen molar-refractivity contribution < 1.29 is 0 Å². The monoisotopic (exact) mass is 864 g/mol. The van der Waals surface area contributed by atoms with Crippen LogP contribution in [-0.4, -0.2) is 32.3 Å². The molecular weight excluding hydrogens is 797 g/mol. The average Bonchev–Trinajstić information content (AvgIpc) is 3.86. The second kappa shape index (κ2) is 16.1. The van der Waals surface area contributed by atoms with Crippen LogP contribution in [0.15, 0.2) is 145 Å². The first-order valence-corrected chi connectivity index (χ1v) is 36.8. The Morgan fingerprint density at radius 2 is 0.705 bits per heavy atom. The van der Waals surface area contributed by atoms with Gasteiger partial charge in [-0.2, -0.15) is 0 Å². The Morgan fingerprint density at radius 3 is 1.02 bits per heavy atom. The zero-order chi connectivity index (χ0) is 43.5. The van der Waals surface area contributed by atoms with Crippen molar-refractivity contribution in [1.29, 1.82) is 0 Å². The molecule has 0 bridgehead atoms. The second-order valence-corrected chi connectivity index (χ2v) is 42.8. The number of fused-ring (bicyclic) bond motifs is 2. The molecule has 312 valence electrons. The van der Waals surface area contributed by atoms with Gasteiger partial charge in [0.05, 0.1) is 32.3 Å². The van der Waals surface area contributed by atoms with Gasteiger partial charge in [0.15, 0.2) is 0 Å². The summed E-state index contributed by atoms with van der Waals surface area (Å²) in [5, 5.41) is 6.28. The number of benzene rings is 6. The standard InChI is InChI=1S/C57H68Si4/c1-58(2,3)49-31-45(32-50(37-49)59(4,5)6)53-27-19-25-43-29-47(35-55(43)53)57(39-41-21-15-13-16-22-41,40-42-23-17-14-18-24-42)48-30-44-26-20-28-54(56(44)36-48)46-33-51(60(7,8)9)38-52(34-46)61(10,11)12/h13-28,31-38H,29-30,39-40H2,1-12H3. The number of hydrogen-bond acceptors (Lipinski definition) is 0. The lowest BCUT2D eigenvalue weighted by Gasteiger charge is -2.38. The first kappa shape index (κ1) is 43.3. The van der Waals surface area contributed by atoms with E-state index in [4.69, 9.17) is 0 Å². The smallest absolute Gasteiger partial charge is 0.0656 e. The molecule has 4 heteroatoms. The topological polar surface area (TPSA) is 0 Å². The first-order valence-electron chi connectivity index (χ1n) is 22.8. The summed E-state index contributed by atoms with van der Waals surface area (Å²) in [6.07, 6.45) is 9.18. The highest BCUT2D eigenvalue weighted by molar-refractivity contribution is 6.92. The largest absolute Gasteiger partial charge is 0.0776 e. The molecule has 6 aromatic rings. The molecular formula is C57H68Si4. The van der Waals surface area contributed by atoms with E-state index in [1.165, 1.54) is 55.6 Å². The molecule has 0 N–H and O–H groups in total. The third-order valence-corrected chi connectivity index (χ3v) is 21.8. The molecule has 0 fully saturated rings. The Labute approximate surface area is 373 Å². The average molecular weight is 866 g/mol. The van der Waals surface area contributed by atoms with Crippen molar-refractivity contribution in [1.82, 2.24) is 0 Å². The van der Waals surface area contributed by atoms with E-state index < -0.39 is 32.3 Å². The third-order valence-electron chi connectivity index (χ3n) is 13.7. The van der Waals surface area contributed by atoms with Gasteiger partial charge in [0.2, 0.25) is 0 Å². The Balaban J connectivity index is 1.35. The van der Waals surface area contributed by atoms with Crippen molar-refractivity contribution in [2.24, 2.45) is 5.41 Å². The quantitative estimate of drug-likeness (QED) is 0.108. The minimum absolute atomic E-state index is 0.220. The fourth-order valence-electron chi connectivity index (χ4n) is 9.76. The van der Waals surface area contributed by atoms with Gasteiger partial charge in [-0.3, -0.25) is 0 Å². The van der Waals surface area contributed by atoms with Crippen LogP contribution >= 0.6 is 0 Å². The van der Waals surface area contributed by atoms with Crippen LogP contribution in [0.2, 0.25) is 78.6 Å². The molecule has 0 saturated carbocycles. The number of hydrogen-bond donors (Lipinski definition) is 0. The normalized spacial score (nSPS) is 14.4. The lowest BCUT2D eigenvalue weighted by molar-refractivity contribution is 0.414. The van der Waals surface area contributed by atoms with Gasteiger partial charge in [0.25, 0.3) is 0 Å². The van der Waals surface area contributed by atoms with Gasteiger partial charge in [-0.15, -0.1) is 0 Å². The summed E-state index contributed by atoms with van der Waals surface area (Å²) in [6, 6.07) is 52.4. The molecule has 0 saturated heterocycles. The molecule has 0 unspecified atom stereocenters. The summed E-state index contributed by atoms with van der Waals surface area (Å²) in [5.41, 5.74) is 17.1. The Hall–Kier alpha value is -4.33. The lowest BCUT2D eigenvalue weighted by atomic mass is 9.65. The Bertz CT molecular complexity index is 2400. The third kappa shape index (κ3) is 8.97. The van der Waals surface area contributed by atoms with E-state index in [1.807, 2.05) is 0 Å². The van der Waals surface area contributed by atoms with Gasteiger partial charge in [0.1, 0.15) is 0 Å². The van der Waals surface area contributed by atoms with Crippen molar-refractivity contribution in [3.63, 3.8) is 0 Å². The highest BCUT2D eigenvalue weighted by Gasteiger charge is 2.42. The van der Waals surface area contributed by atoms with Crippen molar-refractivity contribution in [2.75, 3.05) is 0 Å². The Morgan fingerprint density at radius 1 is 0.377 bits per heavy atom. The zero-order valence-electron chi connectivity index (χ0n) is 39.2. The Kier molecular flexibility index (Phi) is 11.4. The van der Waals surface area contributed by atoms with E-state index in [0.29, 0.717) is 0 Å². The van der Waals surface area contributed by atoms with Crippen LogP contribution in [0.3, 0.4) is 0 Å². The van der Waals surface area contributed by atoms with Crippen LogP contribution < -0.4 is 20.7 Å². The molecule has 0 nitrogen and oxygen atoms in total. The van der Waals surface area contributed by atoms with E-state index in [9.17, 15) is 0 Å². The van der Waals surface area contributed by atoms with Crippen LogP contribution in [0.1, 0.15) is 33.4 Å². The summed E-state index contributed by atoms with van der Waals surface area (Å²) < 4.78 is 0. The highest BCUT2D eigenvalue weighted by atomic mass is 28.3. The maximum Gasteiger partial charge on any atom is 0.0776 e. The van der Waals surface area contributed by atoms with Gasteiger partial charge >= 0.3 is 0 Å². The molecule has 2 aliphatic rings. The molecule has 6 aromatic carbocycles. The van der Waals surface area contributed by atoms with Crippen molar-refractivity contribution >= 4 is 65.2 Å².